The van der Waals surface area contributed by atoms with Gasteiger partial charge >= 0.3 is 5.97 Å². The zero-order chi connectivity index (χ0) is 23.4. The van der Waals surface area contributed by atoms with Gasteiger partial charge in [-0.25, -0.2) is 9.48 Å². The minimum Gasteiger partial charge on any atom is -0.497 e. The predicted molar refractivity (Wildman–Crippen MR) is 130 cm³/mol. The summed E-state index contributed by atoms with van der Waals surface area (Å²) in [4.78, 5) is 17.6. The largest absolute Gasteiger partial charge is 0.497 e. The van der Waals surface area contributed by atoms with Crippen LogP contribution >= 0.6 is 23.4 Å². The summed E-state index contributed by atoms with van der Waals surface area (Å²) in [5.41, 5.74) is 2.98. The van der Waals surface area contributed by atoms with Crippen LogP contribution in [0.3, 0.4) is 0 Å². The SMILES string of the molecule is C=CCOC(=O)C1=C(C)Nc2nc(SCc3ccccc3Cl)nn2C1c1ccc(OC)cc1. The van der Waals surface area contributed by atoms with Crippen LogP contribution in [0.4, 0.5) is 5.95 Å². The molecule has 0 fully saturated rings. The van der Waals surface area contributed by atoms with E-state index in [4.69, 9.17) is 26.2 Å². The third-order valence-corrected chi connectivity index (χ3v) is 6.39. The molecule has 33 heavy (non-hydrogen) atoms. The number of carbonyl (C=O) groups is 1. The summed E-state index contributed by atoms with van der Waals surface area (Å²) in [7, 11) is 1.61. The molecule has 0 aliphatic carbocycles. The van der Waals surface area contributed by atoms with Gasteiger partial charge in [0.05, 0.1) is 12.7 Å². The number of ether oxygens (including phenoxy) is 2. The summed E-state index contributed by atoms with van der Waals surface area (Å²) < 4.78 is 12.4. The van der Waals surface area contributed by atoms with Gasteiger partial charge in [0.25, 0.3) is 0 Å². The molecular formula is C24H23ClN4O3S. The van der Waals surface area contributed by atoms with E-state index in [1.54, 1.807) is 11.8 Å². The van der Waals surface area contributed by atoms with E-state index < -0.39 is 12.0 Å². The smallest absolute Gasteiger partial charge is 0.338 e. The second-order valence-corrected chi connectivity index (χ2v) is 8.62. The molecule has 3 aromatic rings. The normalized spacial score (nSPS) is 14.9. The zero-order valence-corrected chi connectivity index (χ0v) is 19.8. The highest BCUT2D eigenvalue weighted by atomic mass is 35.5. The van der Waals surface area contributed by atoms with E-state index in [0.717, 1.165) is 16.9 Å². The highest BCUT2D eigenvalue weighted by Crippen LogP contribution is 2.37. The number of nitrogens with one attached hydrogen (secondary N) is 1. The lowest BCUT2D eigenvalue weighted by atomic mass is 9.96. The minimum absolute atomic E-state index is 0.119. The number of carbonyl (C=O) groups excluding carboxylic acids is 1. The van der Waals surface area contributed by atoms with Crippen LogP contribution in [0.1, 0.15) is 24.1 Å². The molecule has 1 aromatic heterocycles. The number of allylic oxidation sites excluding steroid dienone is 1. The molecule has 1 unspecified atom stereocenters. The molecular weight excluding hydrogens is 460 g/mol. The van der Waals surface area contributed by atoms with E-state index in [2.05, 4.69) is 16.9 Å². The van der Waals surface area contributed by atoms with Crippen LogP contribution in [0.2, 0.25) is 5.02 Å². The van der Waals surface area contributed by atoms with Crippen LogP contribution in [0.25, 0.3) is 0 Å². The molecule has 0 amide bonds. The van der Waals surface area contributed by atoms with Gasteiger partial charge in [-0.2, -0.15) is 4.98 Å². The Labute approximate surface area is 201 Å². The molecule has 4 rings (SSSR count). The summed E-state index contributed by atoms with van der Waals surface area (Å²) in [6.45, 7) is 5.57. The van der Waals surface area contributed by atoms with Crippen molar-refractivity contribution in [2.45, 2.75) is 23.9 Å². The molecule has 1 aliphatic heterocycles. The number of esters is 1. The number of aromatic nitrogens is 3. The highest BCUT2D eigenvalue weighted by molar-refractivity contribution is 7.98. The Morgan fingerprint density at radius 3 is 2.73 bits per heavy atom. The highest BCUT2D eigenvalue weighted by Gasteiger charge is 2.35. The molecule has 0 saturated heterocycles. The van der Waals surface area contributed by atoms with Crippen molar-refractivity contribution >= 4 is 35.3 Å². The average molecular weight is 483 g/mol. The standard InChI is InChI=1S/C24H23ClN4O3S/c1-4-13-32-22(30)20-15(2)26-23-27-24(33-14-17-7-5-6-8-19(17)25)28-29(23)21(20)16-9-11-18(31-3)12-10-16/h4-12,21H,1,13-14H2,2-3H3,(H,26,27,28). The van der Waals surface area contributed by atoms with Gasteiger partial charge in [0.15, 0.2) is 0 Å². The molecule has 1 N–H and O–H groups in total. The lowest BCUT2D eigenvalue weighted by Gasteiger charge is -2.28. The Balaban J connectivity index is 1.69. The maximum atomic E-state index is 13.0. The third kappa shape index (κ3) is 4.91. The molecule has 170 valence electrons. The van der Waals surface area contributed by atoms with Crippen molar-refractivity contribution in [2.75, 3.05) is 19.0 Å². The van der Waals surface area contributed by atoms with Crippen molar-refractivity contribution in [3.05, 3.63) is 88.6 Å². The van der Waals surface area contributed by atoms with Crippen LogP contribution < -0.4 is 10.1 Å². The summed E-state index contributed by atoms with van der Waals surface area (Å²) >= 11 is 7.76. The second-order valence-electron chi connectivity index (χ2n) is 7.27. The van der Waals surface area contributed by atoms with Crippen molar-refractivity contribution in [2.24, 2.45) is 0 Å². The number of fused-ring (bicyclic) bond motifs is 1. The topological polar surface area (TPSA) is 78.3 Å². The van der Waals surface area contributed by atoms with Gasteiger partial charge in [0.1, 0.15) is 18.4 Å². The lowest BCUT2D eigenvalue weighted by Crippen LogP contribution is -2.29. The molecule has 0 saturated carbocycles. The number of hydrogen-bond donors (Lipinski definition) is 1. The number of benzene rings is 2. The molecule has 2 heterocycles. The maximum Gasteiger partial charge on any atom is 0.338 e. The number of anilines is 1. The molecule has 0 radical (unpaired) electrons. The first-order valence-corrected chi connectivity index (χ1v) is 11.6. The predicted octanol–water partition coefficient (Wildman–Crippen LogP) is 5.25. The summed E-state index contributed by atoms with van der Waals surface area (Å²) in [5, 5.41) is 9.19. The fourth-order valence-corrected chi connectivity index (χ4v) is 4.64. The minimum atomic E-state index is -0.508. The third-order valence-electron chi connectivity index (χ3n) is 5.13. The first-order valence-electron chi connectivity index (χ1n) is 10.2. The fraction of sp³-hybridized carbons (Fsp3) is 0.208. The number of nitrogens with zero attached hydrogens (tertiary/aromatic N) is 3. The second kappa shape index (κ2) is 10.1. The molecule has 0 bridgehead atoms. The van der Waals surface area contributed by atoms with Crippen molar-refractivity contribution in [1.82, 2.24) is 14.8 Å². The monoisotopic (exact) mass is 482 g/mol. The number of hydrogen-bond acceptors (Lipinski definition) is 7. The molecule has 0 spiro atoms. The van der Waals surface area contributed by atoms with E-state index >= 15 is 0 Å². The van der Waals surface area contributed by atoms with Gasteiger partial charge in [-0.1, -0.05) is 66.3 Å². The number of thioether (sulfide) groups is 1. The first-order chi connectivity index (χ1) is 16.0. The Morgan fingerprint density at radius 2 is 2.03 bits per heavy atom. The van der Waals surface area contributed by atoms with Crippen LogP contribution in [0.5, 0.6) is 5.75 Å². The van der Waals surface area contributed by atoms with Gasteiger partial charge in [0.2, 0.25) is 11.1 Å². The molecule has 1 aliphatic rings. The summed E-state index contributed by atoms with van der Waals surface area (Å²) in [5.74, 6) is 1.46. The molecule has 2 aromatic carbocycles. The van der Waals surface area contributed by atoms with Gasteiger partial charge in [-0.05, 0) is 36.2 Å². The van der Waals surface area contributed by atoms with Crippen molar-refractivity contribution < 1.29 is 14.3 Å². The Morgan fingerprint density at radius 1 is 1.27 bits per heavy atom. The van der Waals surface area contributed by atoms with Crippen LogP contribution in [0.15, 0.2) is 77.6 Å². The maximum absolute atomic E-state index is 13.0. The van der Waals surface area contributed by atoms with Gasteiger partial charge < -0.3 is 14.8 Å². The van der Waals surface area contributed by atoms with E-state index in [1.807, 2.05) is 55.5 Å². The number of halogens is 1. The van der Waals surface area contributed by atoms with Crippen LogP contribution in [-0.2, 0) is 15.3 Å². The molecule has 9 heteroatoms. The van der Waals surface area contributed by atoms with E-state index in [1.165, 1.54) is 17.8 Å². The van der Waals surface area contributed by atoms with Crippen molar-refractivity contribution in [3.63, 3.8) is 0 Å². The Kier molecular flexibility index (Phi) is 7.05. The summed E-state index contributed by atoms with van der Waals surface area (Å²) in [6, 6.07) is 14.7. The number of rotatable bonds is 8. The lowest BCUT2D eigenvalue weighted by molar-refractivity contribution is -0.138. The Hall–Kier alpha value is -3.23. The van der Waals surface area contributed by atoms with Crippen molar-refractivity contribution in [3.8, 4) is 5.75 Å². The quantitative estimate of drug-likeness (QED) is 0.267. The first kappa shape index (κ1) is 22.9. The van der Waals surface area contributed by atoms with Gasteiger partial charge in [0, 0.05) is 16.5 Å². The number of methoxy groups -OCH3 is 1. The molecule has 1 atom stereocenters. The van der Waals surface area contributed by atoms with E-state index in [9.17, 15) is 4.79 Å². The van der Waals surface area contributed by atoms with Crippen LogP contribution in [-0.4, -0.2) is 34.5 Å². The van der Waals surface area contributed by atoms with E-state index in [0.29, 0.717) is 33.2 Å². The van der Waals surface area contributed by atoms with Crippen LogP contribution in [0, 0.1) is 0 Å². The summed E-state index contributed by atoms with van der Waals surface area (Å²) in [6.07, 6.45) is 1.54. The fourth-order valence-electron chi connectivity index (χ4n) is 3.52. The zero-order valence-electron chi connectivity index (χ0n) is 18.2. The van der Waals surface area contributed by atoms with Gasteiger partial charge in [-0.3, -0.25) is 0 Å². The average Bonchev–Trinajstić information content (AvgIpc) is 3.23. The van der Waals surface area contributed by atoms with E-state index in [-0.39, 0.29) is 6.61 Å². The van der Waals surface area contributed by atoms with Crippen molar-refractivity contribution in [1.29, 1.82) is 0 Å². The molecule has 7 nitrogen and oxygen atoms in total. The van der Waals surface area contributed by atoms with Gasteiger partial charge in [-0.15, -0.1) is 5.10 Å². The Bertz CT molecular complexity index is 1210.